The Balaban J connectivity index is 2.00. The third-order valence-corrected chi connectivity index (χ3v) is 3.76. The number of benzene rings is 1. The van der Waals surface area contributed by atoms with Crippen molar-refractivity contribution in [3.63, 3.8) is 0 Å². The molecular formula is C14H20FN3O2. The molecule has 1 aliphatic heterocycles. The van der Waals surface area contributed by atoms with Gasteiger partial charge >= 0.3 is 0 Å². The average molecular weight is 281 g/mol. The normalized spacial score (nSPS) is 20.5. The summed E-state index contributed by atoms with van der Waals surface area (Å²) in [6, 6.07) is 4.60. The molecule has 0 aliphatic carbocycles. The third kappa shape index (κ3) is 3.46. The monoisotopic (exact) mass is 281 g/mol. The molecule has 2 rings (SSSR count). The summed E-state index contributed by atoms with van der Waals surface area (Å²) in [5.41, 5.74) is 6.40. The Bertz CT molecular complexity index is 493. The van der Waals surface area contributed by atoms with Crippen molar-refractivity contribution in [2.45, 2.75) is 19.4 Å². The van der Waals surface area contributed by atoms with Crippen LogP contribution in [0, 0.1) is 11.7 Å². The molecule has 0 aromatic heterocycles. The van der Waals surface area contributed by atoms with Gasteiger partial charge in [-0.3, -0.25) is 4.90 Å². The predicted molar refractivity (Wildman–Crippen MR) is 74.0 cm³/mol. The molecule has 1 aromatic rings. The number of nitrogens with two attached hydrogens (primary N) is 1. The molecular weight excluding hydrogens is 261 g/mol. The Morgan fingerprint density at radius 1 is 1.50 bits per heavy atom. The summed E-state index contributed by atoms with van der Waals surface area (Å²) in [5.74, 6) is 0.0545. The molecule has 20 heavy (non-hydrogen) atoms. The van der Waals surface area contributed by atoms with Crippen LogP contribution in [0.15, 0.2) is 23.4 Å². The highest BCUT2D eigenvalue weighted by atomic mass is 19.1. The molecule has 1 aliphatic rings. The van der Waals surface area contributed by atoms with Gasteiger partial charge < -0.3 is 16.0 Å². The van der Waals surface area contributed by atoms with Crippen LogP contribution >= 0.6 is 0 Å². The van der Waals surface area contributed by atoms with Gasteiger partial charge in [-0.15, -0.1) is 0 Å². The van der Waals surface area contributed by atoms with Crippen LogP contribution in [0.2, 0.25) is 0 Å². The number of likely N-dealkylation sites (tertiary alicyclic amines) is 1. The SMILES string of the molecule is N/C(=N/O)c1ccc(CN2CCC(CCO)C2)c(F)c1. The van der Waals surface area contributed by atoms with Crippen molar-refractivity contribution in [1.29, 1.82) is 0 Å². The van der Waals surface area contributed by atoms with Crippen LogP contribution in [0.1, 0.15) is 24.0 Å². The fourth-order valence-corrected chi connectivity index (χ4v) is 2.61. The minimum absolute atomic E-state index is 0.0976. The summed E-state index contributed by atoms with van der Waals surface area (Å²) in [5, 5.41) is 20.4. The first kappa shape index (κ1) is 14.7. The Hall–Kier alpha value is -1.66. The van der Waals surface area contributed by atoms with Gasteiger partial charge in [-0.25, -0.2) is 4.39 Å². The molecule has 1 saturated heterocycles. The second-order valence-electron chi connectivity index (χ2n) is 5.19. The molecule has 1 heterocycles. The maximum Gasteiger partial charge on any atom is 0.170 e. The second kappa shape index (κ2) is 6.67. The largest absolute Gasteiger partial charge is 0.409 e. The van der Waals surface area contributed by atoms with E-state index in [1.165, 1.54) is 6.07 Å². The van der Waals surface area contributed by atoms with E-state index in [9.17, 15) is 4.39 Å². The molecule has 0 saturated carbocycles. The Morgan fingerprint density at radius 2 is 2.30 bits per heavy atom. The Labute approximate surface area is 117 Å². The van der Waals surface area contributed by atoms with E-state index in [0.29, 0.717) is 23.6 Å². The summed E-state index contributed by atoms with van der Waals surface area (Å²) in [6.45, 7) is 2.57. The van der Waals surface area contributed by atoms with E-state index in [2.05, 4.69) is 10.1 Å². The molecule has 4 N–H and O–H groups in total. The fraction of sp³-hybridized carbons (Fsp3) is 0.500. The molecule has 5 nitrogen and oxygen atoms in total. The maximum absolute atomic E-state index is 14.0. The molecule has 6 heteroatoms. The number of hydrogen-bond acceptors (Lipinski definition) is 4. The van der Waals surface area contributed by atoms with Crippen molar-refractivity contribution < 1.29 is 14.7 Å². The molecule has 1 atom stereocenters. The van der Waals surface area contributed by atoms with Gasteiger partial charge in [-0.1, -0.05) is 17.3 Å². The number of amidine groups is 1. The topological polar surface area (TPSA) is 82.1 Å². The lowest BCUT2D eigenvalue weighted by Gasteiger charge is -2.16. The first-order valence-electron chi connectivity index (χ1n) is 6.73. The average Bonchev–Trinajstić information content (AvgIpc) is 2.88. The number of oxime groups is 1. The molecule has 0 radical (unpaired) electrons. The summed E-state index contributed by atoms with van der Waals surface area (Å²) < 4.78 is 14.0. The standard InChI is InChI=1S/C14H20FN3O2/c15-13-7-11(14(16)17-20)1-2-12(13)9-18-5-3-10(8-18)4-6-19/h1-2,7,10,19-20H,3-6,8-9H2,(H2,16,17). The van der Waals surface area contributed by atoms with E-state index >= 15 is 0 Å². The van der Waals surface area contributed by atoms with Gasteiger partial charge in [-0.2, -0.15) is 0 Å². The number of aliphatic hydroxyl groups excluding tert-OH is 1. The highest BCUT2D eigenvalue weighted by Crippen LogP contribution is 2.22. The number of halogens is 1. The van der Waals surface area contributed by atoms with E-state index in [1.54, 1.807) is 12.1 Å². The molecule has 1 aromatic carbocycles. The smallest absolute Gasteiger partial charge is 0.170 e. The minimum Gasteiger partial charge on any atom is -0.409 e. The summed E-state index contributed by atoms with van der Waals surface area (Å²) in [4.78, 5) is 2.18. The summed E-state index contributed by atoms with van der Waals surface area (Å²) in [7, 11) is 0. The first-order valence-corrected chi connectivity index (χ1v) is 6.73. The van der Waals surface area contributed by atoms with Gasteiger partial charge in [0.25, 0.3) is 0 Å². The van der Waals surface area contributed by atoms with Crippen LogP contribution in [0.5, 0.6) is 0 Å². The predicted octanol–water partition coefficient (Wildman–Crippen LogP) is 1.12. The van der Waals surface area contributed by atoms with Gasteiger partial charge in [0, 0.05) is 30.8 Å². The summed E-state index contributed by atoms with van der Waals surface area (Å²) >= 11 is 0. The van der Waals surface area contributed by atoms with Crippen molar-refractivity contribution in [1.82, 2.24) is 4.90 Å². The zero-order valence-electron chi connectivity index (χ0n) is 11.3. The zero-order chi connectivity index (χ0) is 14.5. The minimum atomic E-state index is -0.347. The lowest BCUT2D eigenvalue weighted by Crippen LogP contribution is -2.21. The van der Waals surface area contributed by atoms with Gasteiger partial charge in [0.1, 0.15) is 5.82 Å². The summed E-state index contributed by atoms with van der Waals surface area (Å²) in [6.07, 6.45) is 1.85. The van der Waals surface area contributed by atoms with E-state index in [1.807, 2.05) is 0 Å². The third-order valence-electron chi connectivity index (χ3n) is 3.76. The highest BCUT2D eigenvalue weighted by Gasteiger charge is 2.22. The van der Waals surface area contributed by atoms with Crippen LogP contribution in [0.4, 0.5) is 4.39 Å². The van der Waals surface area contributed by atoms with Crippen molar-refractivity contribution in [3.8, 4) is 0 Å². The van der Waals surface area contributed by atoms with E-state index in [4.69, 9.17) is 16.0 Å². The molecule has 110 valence electrons. The van der Waals surface area contributed by atoms with Gasteiger partial charge in [0.2, 0.25) is 0 Å². The van der Waals surface area contributed by atoms with Gasteiger partial charge in [0.15, 0.2) is 5.84 Å². The number of rotatable bonds is 5. The van der Waals surface area contributed by atoms with Crippen LogP contribution < -0.4 is 5.73 Å². The Kier molecular flexibility index (Phi) is 4.92. The van der Waals surface area contributed by atoms with E-state index in [0.717, 1.165) is 25.9 Å². The van der Waals surface area contributed by atoms with Crippen LogP contribution in [0.25, 0.3) is 0 Å². The van der Waals surface area contributed by atoms with Crippen LogP contribution in [0.3, 0.4) is 0 Å². The van der Waals surface area contributed by atoms with E-state index < -0.39 is 0 Å². The number of hydrogen-bond donors (Lipinski definition) is 3. The maximum atomic E-state index is 14.0. The van der Waals surface area contributed by atoms with E-state index in [-0.39, 0.29) is 18.3 Å². The molecule has 1 unspecified atom stereocenters. The lowest BCUT2D eigenvalue weighted by atomic mass is 10.1. The molecule has 0 amide bonds. The fourth-order valence-electron chi connectivity index (χ4n) is 2.61. The van der Waals surface area contributed by atoms with Crippen molar-refractivity contribution in [2.24, 2.45) is 16.8 Å². The molecule has 1 fully saturated rings. The zero-order valence-corrected chi connectivity index (χ0v) is 11.3. The highest BCUT2D eigenvalue weighted by molar-refractivity contribution is 5.97. The lowest BCUT2D eigenvalue weighted by molar-refractivity contribution is 0.248. The first-order chi connectivity index (χ1) is 9.63. The number of aliphatic hydroxyl groups is 1. The van der Waals surface area contributed by atoms with Crippen LogP contribution in [-0.4, -0.2) is 40.7 Å². The molecule has 0 spiro atoms. The van der Waals surface area contributed by atoms with Gasteiger partial charge in [-0.05, 0) is 31.4 Å². The van der Waals surface area contributed by atoms with Crippen LogP contribution in [-0.2, 0) is 6.54 Å². The number of nitrogens with zero attached hydrogens (tertiary/aromatic N) is 2. The van der Waals surface area contributed by atoms with Crippen molar-refractivity contribution in [3.05, 3.63) is 35.1 Å². The van der Waals surface area contributed by atoms with Gasteiger partial charge in [0.05, 0.1) is 0 Å². The van der Waals surface area contributed by atoms with Crippen molar-refractivity contribution in [2.75, 3.05) is 19.7 Å². The van der Waals surface area contributed by atoms with Crippen molar-refractivity contribution >= 4 is 5.84 Å². The second-order valence-corrected chi connectivity index (χ2v) is 5.19. The Morgan fingerprint density at radius 3 is 2.95 bits per heavy atom. The quantitative estimate of drug-likeness (QED) is 0.327. The molecule has 0 bridgehead atoms.